The van der Waals surface area contributed by atoms with E-state index in [1.54, 1.807) is 30.5 Å². The summed E-state index contributed by atoms with van der Waals surface area (Å²) in [6.07, 6.45) is 2.87. The standard InChI is InChI=1S/C18H12FN3O3/c19-14-5-1-12(2-6-14)16-9-20-17(25-16)10-23-15-7-3-13(4-8-15)18-22-21-11-24-18/h1-9,11H,10H2. The zero-order chi connectivity index (χ0) is 17.1. The number of hydrogen-bond acceptors (Lipinski definition) is 6. The summed E-state index contributed by atoms with van der Waals surface area (Å²) < 4.78 is 29.4. The second-order valence-electron chi connectivity index (χ2n) is 5.18. The van der Waals surface area contributed by atoms with Crippen LogP contribution in [0.25, 0.3) is 22.8 Å². The van der Waals surface area contributed by atoms with Gasteiger partial charge in [0.2, 0.25) is 18.2 Å². The number of nitrogens with zero attached hydrogens (tertiary/aromatic N) is 3. The number of halogens is 1. The lowest BCUT2D eigenvalue weighted by molar-refractivity contribution is 0.264. The first-order valence-corrected chi connectivity index (χ1v) is 7.48. The molecule has 2 aromatic carbocycles. The van der Waals surface area contributed by atoms with Crippen molar-refractivity contribution in [2.45, 2.75) is 6.61 Å². The molecule has 0 N–H and O–H groups in total. The molecule has 124 valence electrons. The van der Waals surface area contributed by atoms with Gasteiger partial charge in [-0.15, -0.1) is 10.2 Å². The zero-order valence-electron chi connectivity index (χ0n) is 12.9. The van der Waals surface area contributed by atoms with Crippen molar-refractivity contribution >= 4 is 0 Å². The van der Waals surface area contributed by atoms with Crippen molar-refractivity contribution in [1.82, 2.24) is 15.2 Å². The molecule has 0 aliphatic rings. The molecule has 0 atom stereocenters. The Morgan fingerprint density at radius 2 is 1.72 bits per heavy atom. The van der Waals surface area contributed by atoms with Crippen LogP contribution >= 0.6 is 0 Å². The van der Waals surface area contributed by atoms with Crippen molar-refractivity contribution in [2.24, 2.45) is 0 Å². The van der Waals surface area contributed by atoms with Crippen LogP contribution in [0.5, 0.6) is 5.75 Å². The summed E-state index contributed by atoms with van der Waals surface area (Å²) in [6, 6.07) is 13.3. The minimum absolute atomic E-state index is 0.182. The van der Waals surface area contributed by atoms with Crippen LogP contribution in [0, 0.1) is 5.82 Å². The quantitative estimate of drug-likeness (QED) is 0.545. The first kappa shape index (κ1) is 15.1. The summed E-state index contributed by atoms with van der Waals surface area (Å²) in [6.45, 7) is 0.182. The third kappa shape index (κ3) is 3.40. The van der Waals surface area contributed by atoms with Crippen LogP contribution in [0.15, 0.2) is 70.0 Å². The van der Waals surface area contributed by atoms with Crippen molar-refractivity contribution in [2.75, 3.05) is 0 Å². The fraction of sp³-hybridized carbons (Fsp3) is 0.0556. The van der Waals surface area contributed by atoms with E-state index < -0.39 is 0 Å². The van der Waals surface area contributed by atoms with Crippen molar-refractivity contribution in [3.63, 3.8) is 0 Å². The molecular weight excluding hydrogens is 325 g/mol. The topological polar surface area (TPSA) is 74.2 Å². The minimum Gasteiger partial charge on any atom is -0.484 e. The van der Waals surface area contributed by atoms with E-state index in [4.69, 9.17) is 13.6 Å². The van der Waals surface area contributed by atoms with E-state index in [-0.39, 0.29) is 12.4 Å². The van der Waals surface area contributed by atoms with Crippen molar-refractivity contribution < 1.29 is 18.0 Å². The lowest BCUT2D eigenvalue weighted by Gasteiger charge is -2.04. The maximum atomic E-state index is 13.0. The Kier molecular flexibility index (Phi) is 3.96. The predicted molar refractivity (Wildman–Crippen MR) is 86.0 cm³/mol. The summed E-state index contributed by atoms with van der Waals surface area (Å²) in [5, 5.41) is 7.48. The monoisotopic (exact) mass is 337 g/mol. The van der Waals surface area contributed by atoms with Crippen LogP contribution in [0.4, 0.5) is 4.39 Å². The van der Waals surface area contributed by atoms with Gasteiger partial charge in [0, 0.05) is 11.1 Å². The predicted octanol–water partition coefficient (Wildman–Crippen LogP) is 4.11. The maximum absolute atomic E-state index is 13.0. The molecule has 2 aromatic heterocycles. The van der Waals surface area contributed by atoms with Crippen molar-refractivity contribution in [3.8, 4) is 28.5 Å². The second kappa shape index (κ2) is 6.56. The average molecular weight is 337 g/mol. The van der Waals surface area contributed by atoms with Gasteiger partial charge in [0.1, 0.15) is 11.6 Å². The molecule has 0 saturated heterocycles. The van der Waals surface area contributed by atoms with Gasteiger partial charge >= 0.3 is 0 Å². The molecule has 0 aliphatic carbocycles. The van der Waals surface area contributed by atoms with Crippen LogP contribution in [0.2, 0.25) is 0 Å². The van der Waals surface area contributed by atoms with Gasteiger partial charge < -0.3 is 13.6 Å². The van der Waals surface area contributed by atoms with E-state index in [2.05, 4.69) is 15.2 Å². The Hall–Kier alpha value is -3.48. The van der Waals surface area contributed by atoms with Gasteiger partial charge in [0.25, 0.3) is 0 Å². The molecule has 4 aromatic rings. The molecule has 0 radical (unpaired) electrons. The average Bonchev–Trinajstić information content (AvgIpc) is 3.33. The molecular formula is C18H12FN3O3. The number of benzene rings is 2. The molecule has 0 bridgehead atoms. The molecule has 7 heteroatoms. The number of oxazole rings is 1. The summed E-state index contributed by atoms with van der Waals surface area (Å²) in [5.74, 6) is 1.80. The zero-order valence-corrected chi connectivity index (χ0v) is 12.9. The van der Waals surface area contributed by atoms with E-state index in [0.29, 0.717) is 23.3 Å². The molecule has 0 aliphatic heterocycles. The van der Waals surface area contributed by atoms with E-state index in [1.807, 2.05) is 12.1 Å². The summed E-state index contributed by atoms with van der Waals surface area (Å²) in [4.78, 5) is 4.17. The molecule has 0 spiro atoms. The number of ether oxygens (including phenoxy) is 1. The fourth-order valence-corrected chi connectivity index (χ4v) is 2.26. The van der Waals surface area contributed by atoms with Gasteiger partial charge in [-0.05, 0) is 48.5 Å². The van der Waals surface area contributed by atoms with Gasteiger partial charge in [-0.1, -0.05) is 0 Å². The first-order chi connectivity index (χ1) is 12.3. The summed E-state index contributed by atoms with van der Waals surface area (Å²) >= 11 is 0. The third-order valence-electron chi connectivity index (χ3n) is 3.51. The van der Waals surface area contributed by atoms with E-state index >= 15 is 0 Å². The van der Waals surface area contributed by atoms with Gasteiger partial charge in [0.05, 0.1) is 6.20 Å². The molecule has 0 amide bonds. The Balaban J connectivity index is 1.41. The highest BCUT2D eigenvalue weighted by atomic mass is 19.1. The normalized spacial score (nSPS) is 10.8. The van der Waals surface area contributed by atoms with E-state index in [0.717, 1.165) is 11.1 Å². The summed E-state index contributed by atoms with van der Waals surface area (Å²) in [7, 11) is 0. The molecule has 25 heavy (non-hydrogen) atoms. The largest absolute Gasteiger partial charge is 0.484 e. The fourth-order valence-electron chi connectivity index (χ4n) is 2.26. The smallest absolute Gasteiger partial charge is 0.247 e. The Labute approximate surface area is 141 Å². The van der Waals surface area contributed by atoms with Crippen molar-refractivity contribution in [1.29, 1.82) is 0 Å². The third-order valence-corrected chi connectivity index (χ3v) is 3.51. The number of rotatable bonds is 5. The minimum atomic E-state index is -0.296. The van der Waals surface area contributed by atoms with E-state index in [1.165, 1.54) is 18.5 Å². The first-order valence-electron chi connectivity index (χ1n) is 7.48. The number of aromatic nitrogens is 3. The molecule has 6 nitrogen and oxygen atoms in total. The van der Waals surface area contributed by atoms with Gasteiger partial charge in [-0.2, -0.15) is 0 Å². The molecule has 0 unspecified atom stereocenters. The lowest BCUT2D eigenvalue weighted by Crippen LogP contribution is -1.95. The molecule has 4 rings (SSSR count). The SMILES string of the molecule is Fc1ccc(-c2cnc(COc3ccc(-c4nnco4)cc3)o2)cc1. The lowest BCUT2D eigenvalue weighted by atomic mass is 10.2. The van der Waals surface area contributed by atoms with E-state index in [9.17, 15) is 4.39 Å². The Bertz CT molecular complexity index is 948. The van der Waals surface area contributed by atoms with Gasteiger partial charge in [0.15, 0.2) is 12.4 Å². The van der Waals surface area contributed by atoms with Crippen LogP contribution in [-0.4, -0.2) is 15.2 Å². The second-order valence-corrected chi connectivity index (χ2v) is 5.18. The highest BCUT2D eigenvalue weighted by Gasteiger charge is 2.08. The Morgan fingerprint density at radius 1 is 0.960 bits per heavy atom. The molecule has 0 saturated carbocycles. The van der Waals surface area contributed by atoms with Crippen LogP contribution < -0.4 is 4.74 Å². The number of hydrogen-bond donors (Lipinski definition) is 0. The molecule has 2 heterocycles. The van der Waals surface area contributed by atoms with Gasteiger partial charge in [-0.25, -0.2) is 9.37 Å². The maximum Gasteiger partial charge on any atom is 0.247 e. The summed E-state index contributed by atoms with van der Waals surface area (Å²) in [5.41, 5.74) is 1.56. The van der Waals surface area contributed by atoms with Crippen LogP contribution in [0.1, 0.15) is 5.89 Å². The molecule has 0 fully saturated rings. The van der Waals surface area contributed by atoms with Crippen LogP contribution in [0.3, 0.4) is 0 Å². The van der Waals surface area contributed by atoms with Gasteiger partial charge in [-0.3, -0.25) is 0 Å². The highest BCUT2D eigenvalue weighted by Crippen LogP contribution is 2.23. The highest BCUT2D eigenvalue weighted by molar-refractivity contribution is 5.56. The van der Waals surface area contributed by atoms with Crippen molar-refractivity contribution in [3.05, 3.63) is 72.8 Å². The van der Waals surface area contributed by atoms with Crippen LogP contribution in [-0.2, 0) is 6.61 Å². The Morgan fingerprint density at radius 3 is 2.44 bits per heavy atom.